The molecule has 0 aliphatic carbocycles. The molecule has 0 aromatic heterocycles. The SMILES string of the molecule is CC[C@@H](NC(=O)C(=O)Nc1ccc2c(c1)OC(C)(C)O2)c1ccc(OC)cc1. The molecule has 0 saturated carbocycles. The largest absolute Gasteiger partial charge is 0.497 e. The van der Waals surface area contributed by atoms with Gasteiger partial charge in [0.05, 0.1) is 13.2 Å². The number of carbonyl (C=O) groups excluding carboxylic acids is 2. The first-order chi connectivity index (χ1) is 13.3. The summed E-state index contributed by atoms with van der Waals surface area (Å²) in [6, 6.07) is 12.1. The van der Waals surface area contributed by atoms with Crippen LogP contribution in [0.15, 0.2) is 42.5 Å². The Morgan fingerprint density at radius 2 is 1.71 bits per heavy atom. The van der Waals surface area contributed by atoms with Crippen LogP contribution in [0.3, 0.4) is 0 Å². The van der Waals surface area contributed by atoms with Gasteiger partial charge in [0.2, 0.25) is 5.79 Å². The summed E-state index contributed by atoms with van der Waals surface area (Å²) in [7, 11) is 1.59. The normalized spacial score (nSPS) is 14.9. The van der Waals surface area contributed by atoms with Crippen LogP contribution in [0.2, 0.25) is 0 Å². The van der Waals surface area contributed by atoms with Gasteiger partial charge in [-0.1, -0.05) is 19.1 Å². The van der Waals surface area contributed by atoms with Gasteiger partial charge in [-0.15, -0.1) is 0 Å². The van der Waals surface area contributed by atoms with E-state index in [1.807, 2.05) is 31.2 Å². The van der Waals surface area contributed by atoms with Crippen molar-refractivity contribution in [1.82, 2.24) is 5.32 Å². The van der Waals surface area contributed by atoms with Crippen LogP contribution in [0.25, 0.3) is 0 Å². The van der Waals surface area contributed by atoms with Crippen molar-refractivity contribution in [2.75, 3.05) is 12.4 Å². The van der Waals surface area contributed by atoms with E-state index in [1.165, 1.54) is 0 Å². The van der Waals surface area contributed by atoms with E-state index in [0.29, 0.717) is 23.6 Å². The van der Waals surface area contributed by atoms with Crippen molar-refractivity contribution < 1.29 is 23.8 Å². The molecule has 1 aliphatic rings. The van der Waals surface area contributed by atoms with Gasteiger partial charge >= 0.3 is 11.8 Å². The Balaban J connectivity index is 1.63. The molecule has 3 rings (SSSR count). The van der Waals surface area contributed by atoms with Crippen LogP contribution >= 0.6 is 0 Å². The lowest BCUT2D eigenvalue weighted by Crippen LogP contribution is -2.37. The number of amides is 2. The molecule has 148 valence electrons. The van der Waals surface area contributed by atoms with Crippen molar-refractivity contribution in [3.05, 3.63) is 48.0 Å². The first kappa shape index (κ1) is 19.5. The van der Waals surface area contributed by atoms with Gasteiger partial charge in [-0.2, -0.15) is 0 Å². The predicted octanol–water partition coefficient (Wildman–Crippen LogP) is 3.41. The number of carbonyl (C=O) groups is 2. The van der Waals surface area contributed by atoms with Gasteiger partial charge in [-0.3, -0.25) is 9.59 Å². The molecule has 0 saturated heterocycles. The number of anilines is 1. The molecule has 2 aromatic rings. The smallest absolute Gasteiger partial charge is 0.313 e. The van der Waals surface area contributed by atoms with Gasteiger partial charge < -0.3 is 24.8 Å². The summed E-state index contributed by atoms with van der Waals surface area (Å²) in [6.07, 6.45) is 0.643. The molecule has 7 heteroatoms. The Labute approximate surface area is 164 Å². The Morgan fingerprint density at radius 3 is 2.36 bits per heavy atom. The molecule has 1 atom stereocenters. The highest BCUT2D eigenvalue weighted by Gasteiger charge is 2.32. The lowest BCUT2D eigenvalue weighted by molar-refractivity contribution is -0.136. The number of hydrogen-bond donors (Lipinski definition) is 2. The summed E-state index contributed by atoms with van der Waals surface area (Å²) in [5.41, 5.74) is 1.35. The van der Waals surface area contributed by atoms with Crippen molar-refractivity contribution >= 4 is 17.5 Å². The van der Waals surface area contributed by atoms with Gasteiger partial charge in [0.15, 0.2) is 11.5 Å². The van der Waals surface area contributed by atoms with Crippen LogP contribution in [0.5, 0.6) is 17.2 Å². The molecule has 28 heavy (non-hydrogen) atoms. The maximum atomic E-state index is 12.3. The zero-order chi connectivity index (χ0) is 20.3. The average molecular weight is 384 g/mol. The number of hydrogen-bond acceptors (Lipinski definition) is 5. The minimum Gasteiger partial charge on any atom is -0.497 e. The molecular weight excluding hydrogens is 360 g/mol. The topological polar surface area (TPSA) is 85.9 Å². The van der Waals surface area contributed by atoms with Crippen LogP contribution in [0, 0.1) is 0 Å². The van der Waals surface area contributed by atoms with Crippen molar-refractivity contribution in [1.29, 1.82) is 0 Å². The Morgan fingerprint density at radius 1 is 1.04 bits per heavy atom. The number of methoxy groups -OCH3 is 1. The van der Waals surface area contributed by atoms with E-state index in [4.69, 9.17) is 14.2 Å². The van der Waals surface area contributed by atoms with Crippen molar-refractivity contribution in [2.24, 2.45) is 0 Å². The molecule has 0 fully saturated rings. The third kappa shape index (κ3) is 4.36. The lowest BCUT2D eigenvalue weighted by Gasteiger charge is -2.17. The molecule has 2 aromatic carbocycles. The minimum atomic E-state index is -0.755. The fraction of sp³-hybridized carbons (Fsp3) is 0.333. The maximum absolute atomic E-state index is 12.3. The van der Waals surface area contributed by atoms with Gasteiger partial charge in [0, 0.05) is 25.6 Å². The fourth-order valence-electron chi connectivity index (χ4n) is 2.97. The van der Waals surface area contributed by atoms with Gasteiger partial charge in [-0.25, -0.2) is 0 Å². The Hall–Kier alpha value is -3.22. The second-order valence-electron chi connectivity index (χ2n) is 6.93. The van der Waals surface area contributed by atoms with Crippen LogP contribution in [-0.2, 0) is 9.59 Å². The molecule has 7 nitrogen and oxygen atoms in total. The van der Waals surface area contributed by atoms with E-state index >= 15 is 0 Å². The highest BCUT2D eigenvalue weighted by Crippen LogP contribution is 2.40. The second kappa shape index (κ2) is 7.80. The second-order valence-corrected chi connectivity index (χ2v) is 6.93. The number of benzene rings is 2. The van der Waals surface area contributed by atoms with Crippen molar-refractivity contribution in [3.8, 4) is 17.2 Å². The molecule has 2 N–H and O–H groups in total. The summed E-state index contributed by atoms with van der Waals surface area (Å²) >= 11 is 0. The van der Waals surface area contributed by atoms with Crippen molar-refractivity contribution in [3.63, 3.8) is 0 Å². The number of nitrogens with one attached hydrogen (secondary N) is 2. The van der Waals surface area contributed by atoms with E-state index in [0.717, 1.165) is 11.3 Å². The van der Waals surface area contributed by atoms with E-state index in [2.05, 4.69) is 10.6 Å². The van der Waals surface area contributed by atoms with E-state index < -0.39 is 17.6 Å². The molecule has 0 bridgehead atoms. The summed E-state index contributed by atoms with van der Waals surface area (Å²) in [4.78, 5) is 24.7. The fourth-order valence-corrected chi connectivity index (χ4v) is 2.97. The zero-order valence-electron chi connectivity index (χ0n) is 16.4. The molecule has 1 heterocycles. The standard InChI is InChI=1S/C21H24N2O5/c1-5-16(13-6-9-15(26-4)10-7-13)23-20(25)19(24)22-14-8-11-17-18(12-14)28-21(2,3)27-17/h6-12,16H,5H2,1-4H3,(H,22,24)(H,23,25)/t16-/m1/s1. The summed E-state index contributed by atoms with van der Waals surface area (Å²) < 4.78 is 16.4. The van der Waals surface area contributed by atoms with Crippen LogP contribution in [0.1, 0.15) is 38.8 Å². The summed E-state index contributed by atoms with van der Waals surface area (Å²) in [6.45, 7) is 5.53. The number of ether oxygens (including phenoxy) is 3. The molecular formula is C21H24N2O5. The molecule has 1 aliphatic heterocycles. The van der Waals surface area contributed by atoms with E-state index in [9.17, 15) is 9.59 Å². The average Bonchev–Trinajstić information content (AvgIpc) is 2.99. The molecule has 0 spiro atoms. The maximum Gasteiger partial charge on any atom is 0.313 e. The van der Waals surface area contributed by atoms with E-state index in [1.54, 1.807) is 39.2 Å². The highest BCUT2D eigenvalue weighted by atomic mass is 16.7. The van der Waals surface area contributed by atoms with Crippen LogP contribution in [0.4, 0.5) is 5.69 Å². The zero-order valence-corrected chi connectivity index (χ0v) is 16.4. The third-order valence-electron chi connectivity index (χ3n) is 4.35. The first-order valence-corrected chi connectivity index (χ1v) is 9.09. The van der Waals surface area contributed by atoms with Gasteiger partial charge in [0.25, 0.3) is 0 Å². The minimum absolute atomic E-state index is 0.276. The van der Waals surface area contributed by atoms with Gasteiger partial charge in [0.1, 0.15) is 5.75 Å². The van der Waals surface area contributed by atoms with Crippen LogP contribution < -0.4 is 24.8 Å². The first-order valence-electron chi connectivity index (χ1n) is 9.09. The quantitative estimate of drug-likeness (QED) is 0.772. The summed E-state index contributed by atoms with van der Waals surface area (Å²) in [5.74, 6) is -0.361. The van der Waals surface area contributed by atoms with Crippen molar-refractivity contribution in [2.45, 2.75) is 39.0 Å². The lowest BCUT2D eigenvalue weighted by atomic mass is 10.0. The molecule has 2 amide bonds. The predicted molar refractivity (Wildman–Crippen MR) is 105 cm³/mol. The number of rotatable bonds is 5. The Bertz CT molecular complexity index is 877. The molecule has 0 unspecified atom stereocenters. The summed E-state index contributed by atoms with van der Waals surface area (Å²) in [5, 5.41) is 5.35. The number of fused-ring (bicyclic) bond motifs is 1. The monoisotopic (exact) mass is 384 g/mol. The van der Waals surface area contributed by atoms with Crippen LogP contribution in [-0.4, -0.2) is 24.7 Å². The third-order valence-corrected chi connectivity index (χ3v) is 4.35. The van der Waals surface area contributed by atoms with Gasteiger partial charge in [-0.05, 0) is 36.2 Å². The molecule has 0 radical (unpaired) electrons. The Kier molecular flexibility index (Phi) is 5.44. The highest BCUT2D eigenvalue weighted by molar-refractivity contribution is 6.39. The van der Waals surface area contributed by atoms with E-state index in [-0.39, 0.29) is 6.04 Å².